The summed E-state index contributed by atoms with van der Waals surface area (Å²) in [6.07, 6.45) is 0. The van der Waals surface area contributed by atoms with Crippen molar-refractivity contribution in [2.45, 2.75) is 6.54 Å². The molecule has 0 saturated carbocycles. The van der Waals surface area contributed by atoms with E-state index in [4.69, 9.17) is 4.42 Å². The Morgan fingerprint density at radius 3 is 2.48 bits per heavy atom. The van der Waals surface area contributed by atoms with E-state index in [1.165, 1.54) is 0 Å². The van der Waals surface area contributed by atoms with Gasteiger partial charge in [0.05, 0.1) is 12.1 Å². The monoisotopic (exact) mass is 343 g/mol. The van der Waals surface area contributed by atoms with Gasteiger partial charge in [0, 0.05) is 17.2 Å². The molecule has 0 radical (unpaired) electrons. The third kappa shape index (κ3) is 3.13. The minimum Gasteiger partial charge on any atom is -0.419 e. The van der Waals surface area contributed by atoms with Crippen molar-refractivity contribution in [1.82, 2.24) is 10.2 Å². The Balaban J connectivity index is 1.78. The fourth-order valence-corrected chi connectivity index (χ4v) is 2.49. The molecule has 4 nitrogen and oxygen atoms in total. The van der Waals surface area contributed by atoms with Crippen molar-refractivity contribution in [3.63, 3.8) is 0 Å². The number of halogens is 1. The summed E-state index contributed by atoms with van der Waals surface area (Å²) < 4.78 is 6.69. The summed E-state index contributed by atoms with van der Waals surface area (Å²) in [6, 6.07) is 17.9. The van der Waals surface area contributed by atoms with E-state index in [0.29, 0.717) is 18.3 Å². The molecule has 0 amide bonds. The van der Waals surface area contributed by atoms with Crippen LogP contribution in [0.4, 0.5) is 5.69 Å². The Morgan fingerprint density at radius 2 is 1.71 bits per heavy atom. The van der Waals surface area contributed by atoms with Crippen molar-refractivity contribution >= 4 is 21.6 Å². The predicted molar refractivity (Wildman–Crippen MR) is 86.0 cm³/mol. The molecule has 3 rings (SSSR count). The molecule has 0 spiro atoms. The number of hydrogen-bond acceptors (Lipinski definition) is 4. The molecule has 0 aliphatic carbocycles. The molecule has 21 heavy (non-hydrogen) atoms. The Bertz CT molecular complexity index is 727. The summed E-state index contributed by atoms with van der Waals surface area (Å²) in [4.78, 5) is 2.07. The average Bonchev–Trinajstić information content (AvgIpc) is 2.97. The number of nitrogens with zero attached hydrogens (tertiary/aromatic N) is 3. The van der Waals surface area contributed by atoms with Crippen LogP contribution in [0.25, 0.3) is 11.5 Å². The summed E-state index contributed by atoms with van der Waals surface area (Å²) >= 11 is 3.49. The number of hydrogen-bond donors (Lipinski definition) is 0. The molecule has 5 heteroatoms. The van der Waals surface area contributed by atoms with E-state index >= 15 is 0 Å². The zero-order valence-electron chi connectivity index (χ0n) is 11.5. The summed E-state index contributed by atoms with van der Waals surface area (Å²) in [5, 5.41) is 8.24. The second-order valence-corrected chi connectivity index (χ2v) is 5.53. The van der Waals surface area contributed by atoms with Crippen LogP contribution in [0.15, 0.2) is 63.5 Å². The van der Waals surface area contributed by atoms with Crippen LogP contribution in [-0.2, 0) is 6.54 Å². The first-order valence-corrected chi connectivity index (χ1v) is 7.37. The van der Waals surface area contributed by atoms with Crippen LogP contribution in [0.5, 0.6) is 0 Å². The number of rotatable bonds is 4. The topological polar surface area (TPSA) is 42.2 Å². The maximum absolute atomic E-state index is 5.75. The highest BCUT2D eigenvalue weighted by atomic mass is 79.9. The Hall–Kier alpha value is -2.14. The van der Waals surface area contributed by atoms with Crippen molar-refractivity contribution in [2.24, 2.45) is 0 Å². The first-order valence-electron chi connectivity index (χ1n) is 6.57. The fourth-order valence-electron chi connectivity index (χ4n) is 2.04. The van der Waals surface area contributed by atoms with Gasteiger partial charge in [-0.3, -0.25) is 0 Å². The molecule has 0 aliphatic heterocycles. The average molecular weight is 344 g/mol. The van der Waals surface area contributed by atoms with Gasteiger partial charge in [0.2, 0.25) is 11.8 Å². The van der Waals surface area contributed by atoms with E-state index in [1.54, 1.807) is 0 Å². The van der Waals surface area contributed by atoms with Crippen LogP contribution < -0.4 is 4.90 Å². The molecule has 0 saturated heterocycles. The minimum absolute atomic E-state index is 0.527. The number of anilines is 1. The summed E-state index contributed by atoms with van der Waals surface area (Å²) in [5.41, 5.74) is 2.01. The summed E-state index contributed by atoms with van der Waals surface area (Å²) in [5.74, 6) is 1.12. The first kappa shape index (κ1) is 13.8. The second kappa shape index (κ2) is 6.10. The number of para-hydroxylation sites is 1. The molecule has 0 unspecified atom stereocenters. The lowest BCUT2D eigenvalue weighted by molar-refractivity contribution is 0.503. The Kier molecular flexibility index (Phi) is 4.01. The van der Waals surface area contributed by atoms with Crippen LogP contribution in [0.2, 0.25) is 0 Å². The second-order valence-electron chi connectivity index (χ2n) is 4.67. The molecule has 1 heterocycles. The zero-order chi connectivity index (χ0) is 14.7. The maximum Gasteiger partial charge on any atom is 0.248 e. The van der Waals surface area contributed by atoms with Crippen molar-refractivity contribution in [1.29, 1.82) is 0 Å². The van der Waals surface area contributed by atoms with Gasteiger partial charge in [-0.25, -0.2) is 0 Å². The molecule has 2 aromatic carbocycles. The van der Waals surface area contributed by atoms with Gasteiger partial charge in [0.15, 0.2) is 0 Å². The van der Waals surface area contributed by atoms with Crippen molar-refractivity contribution in [3.05, 3.63) is 65.0 Å². The Morgan fingerprint density at radius 1 is 1.00 bits per heavy atom. The van der Waals surface area contributed by atoms with Gasteiger partial charge in [0.25, 0.3) is 0 Å². The molecule has 1 aromatic heterocycles. The van der Waals surface area contributed by atoms with Gasteiger partial charge in [-0.05, 0) is 40.2 Å². The highest BCUT2D eigenvalue weighted by Gasteiger charge is 2.12. The highest BCUT2D eigenvalue weighted by Crippen LogP contribution is 2.27. The van der Waals surface area contributed by atoms with Crippen molar-refractivity contribution in [2.75, 3.05) is 11.9 Å². The molecular weight excluding hydrogens is 330 g/mol. The van der Waals surface area contributed by atoms with Crippen LogP contribution in [0.3, 0.4) is 0 Å². The van der Waals surface area contributed by atoms with E-state index in [0.717, 1.165) is 15.7 Å². The molecule has 0 N–H and O–H groups in total. The van der Waals surface area contributed by atoms with Crippen LogP contribution in [0, 0.1) is 0 Å². The van der Waals surface area contributed by atoms with Gasteiger partial charge >= 0.3 is 0 Å². The molecule has 0 atom stereocenters. The fraction of sp³-hybridized carbons (Fsp3) is 0.125. The van der Waals surface area contributed by atoms with Crippen molar-refractivity contribution < 1.29 is 4.42 Å². The van der Waals surface area contributed by atoms with Gasteiger partial charge in [-0.1, -0.05) is 30.3 Å². The molecule has 106 valence electrons. The molecule has 3 aromatic rings. The third-order valence-corrected chi connectivity index (χ3v) is 3.83. The normalized spacial score (nSPS) is 10.6. The highest BCUT2D eigenvalue weighted by molar-refractivity contribution is 9.10. The number of benzene rings is 2. The summed E-state index contributed by atoms with van der Waals surface area (Å²) in [7, 11) is 2.00. The van der Waals surface area contributed by atoms with E-state index in [1.807, 2.05) is 61.6 Å². The lowest BCUT2D eigenvalue weighted by Gasteiger charge is -2.16. The maximum atomic E-state index is 5.75. The predicted octanol–water partition coefficient (Wildman–Crippen LogP) is 4.14. The third-order valence-electron chi connectivity index (χ3n) is 3.14. The van der Waals surface area contributed by atoms with Gasteiger partial charge in [-0.2, -0.15) is 0 Å². The number of aromatic nitrogens is 2. The van der Waals surface area contributed by atoms with E-state index < -0.39 is 0 Å². The molecular formula is C16H14BrN3O. The largest absolute Gasteiger partial charge is 0.419 e. The van der Waals surface area contributed by atoms with Gasteiger partial charge < -0.3 is 9.32 Å². The van der Waals surface area contributed by atoms with Gasteiger partial charge in [-0.15, -0.1) is 10.2 Å². The van der Waals surface area contributed by atoms with Crippen LogP contribution in [0.1, 0.15) is 5.89 Å². The molecule has 0 aliphatic rings. The van der Waals surface area contributed by atoms with Crippen molar-refractivity contribution in [3.8, 4) is 11.5 Å². The van der Waals surface area contributed by atoms with E-state index in [9.17, 15) is 0 Å². The summed E-state index contributed by atoms with van der Waals surface area (Å²) in [6.45, 7) is 0.571. The molecule has 0 fully saturated rings. The quantitative estimate of drug-likeness (QED) is 0.714. The zero-order valence-corrected chi connectivity index (χ0v) is 13.1. The lowest BCUT2D eigenvalue weighted by Crippen LogP contribution is -2.16. The first-order chi connectivity index (χ1) is 10.2. The SMILES string of the molecule is CN(Cc1nnc(-c2ccccc2Br)o1)c1ccccc1. The van der Waals surface area contributed by atoms with Gasteiger partial charge in [0.1, 0.15) is 0 Å². The lowest BCUT2D eigenvalue weighted by atomic mass is 10.2. The van der Waals surface area contributed by atoms with E-state index in [2.05, 4.69) is 31.0 Å². The standard InChI is InChI=1S/C16H14BrN3O/c1-20(12-7-3-2-4-8-12)11-15-18-19-16(21-15)13-9-5-6-10-14(13)17/h2-10H,11H2,1H3. The van der Waals surface area contributed by atoms with E-state index in [-0.39, 0.29) is 0 Å². The van der Waals surface area contributed by atoms with Crippen LogP contribution in [-0.4, -0.2) is 17.2 Å². The smallest absolute Gasteiger partial charge is 0.248 e. The van der Waals surface area contributed by atoms with Crippen LogP contribution >= 0.6 is 15.9 Å². The molecule has 0 bridgehead atoms. The minimum atomic E-state index is 0.527. The Labute approximate surface area is 131 Å².